The third kappa shape index (κ3) is 1.71. The van der Waals surface area contributed by atoms with E-state index in [-0.39, 0.29) is 5.56 Å². The molecule has 1 aliphatic carbocycles. The highest BCUT2D eigenvalue weighted by molar-refractivity contribution is 5.22. The normalized spacial score (nSPS) is 24.6. The molecule has 1 aromatic rings. The number of H-pyrrole nitrogens is 1. The number of fused-ring (bicyclic) bond motifs is 1. The lowest BCUT2D eigenvalue weighted by molar-refractivity contribution is 0.321. The van der Waals surface area contributed by atoms with Gasteiger partial charge in [-0.3, -0.25) is 14.6 Å². The summed E-state index contributed by atoms with van der Waals surface area (Å²) >= 11 is 0. The third-order valence-electron chi connectivity index (χ3n) is 3.83. The van der Waals surface area contributed by atoms with Gasteiger partial charge in [-0.15, -0.1) is 0 Å². The third-order valence-corrected chi connectivity index (χ3v) is 3.83. The Morgan fingerprint density at radius 1 is 1.31 bits per heavy atom. The van der Waals surface area contributed by atoms with Crippen molar-refractivity contribution in [1.29, 1.82) is 0 Å². The van der Waals surface area contributed by atoms with Gasteiger partial charge < -0.3 is 5.32 Å². The molecular formula is C12H19N3O. The number of aryl methyl sites for hydroxylation is 1. The summed E-state index contributed by atoms with van der Waals surface area (Å²) in [6.45, 7) is 3.04. The Hall–Kier alpha value is -1.03. The highest BCUT2D eigenvalue weighted by Crippen LogP contribution is 2.17. The summed E-state index contributed by atoms with van der Waals surface area (Å²) in [5.41, 5.74) is 2.47. The number of hydrogen-bond acceptors (Lipinski definition) is 2. The van der Waals surface area contributed by atoms with Crippen LogP contribution in [0.3, 0.4) is 0 Å². The van der Waals surface area contributed by atoms with Crippen LogP contribution in [0.15, 0.2) is 4.79 Å². The fourth-order valence-electron chi connectivity index (χ4n) is 2.95. The molecule has 88 valence electrons. The minimum atomic E-state index is 0.234. The fraction of sp³-hybridized carbons (Fsp3) is 0.750. The van der Waals surface area contributed by atoms with Crippen molar-refractivity contribution in [2.24, 2.45) is 5.92 Å². The molecule has 3 rings (SSSR count). The molecule has 2 N–H and O–H groups in total. The van der Waals surface area contributed by atoms with Gasteiger partial charge in [0.05, 0.1) is 0 Å². The zero-order valence-electron chi connectivity index (χ0n) is 9.59. The maximum atomic E-state index is 12.0. The first kappa shape index (κ1) is 10.1. The van der Waals surface area contributed by atoms with Gasteiger partial charge in [-0.25, -0.2) is 0 Å². The molecule has 1 aromatic heterocycles. The molecule has 4 nitrogen and oxygen atoms in total. The fourth-order valence-corrected chi connectivity index (χ4v) is 2.95. The lowest BCUT2D eigenvalue weighted by atomic mass is 10.00. The van der Waals surface area contributed by atoms with E-state index in [4.69, 9.17) is 0 Å². The van der Waals surface area contributed by atoms with Crippen molar-refractivity contribution in [2.45, 2.75) is 38.6 Å². The minimum Gasteiger partial charge on any atom is -0.316 e. The molecule has 4 heteroatoms. The molecule has 1 unspecified atom stereocenters. The molecule has 1 saturated heterocycles. The van der Waals surface area contributed by atoms with Gasteiger partial charge in [0.15, 0.2) is 0 Å². The number of hydrogen-bond donors (Lipinski definition) is 2. The first-order valence-electron chi connectivity index (χ1n) is 6.36. The summed E-state index contributed by atoms with van der Waals surface area (Å²) in [4.78, 5) is 12.0. The summed E-state index contributed by atoms with van der Waals surface area (Å²) in [6.07, 6.45) is 5.65. The summed E-state index contributed by atoms with van der Waals surface area (Å²) in [7, 11) is 0. The summed E-state index contributed by atoms with van der Waals surface area (Å²) < 4.78 is 1.83. The Bertz CT molecular complexity index is 426. The molecule has 0 saturated carbocycles. The Balaban J connectivity index is 1.77. The van der Waals surface area contributed by atoms with Gasteiger partial charge in [-0.05, 0) is 51.1 Å². The monoisotopic (exact) mass is 221 g/mol. The van der Waals surface area contributed by atoms with E-state index in [1.165, 1.54) is 18.5 Å². The molecule has 0 spiro atoms. The molecule has 1 atom stereocenters. The van der Waals surface area contributed by atoms with Gasteiger partial charge in [0.1, 0.15) is 0 Å². The van der Waals surface area contributed by atoms with Crippen molar-refractivity contribution in [2.75, 3.05) is 13.1 Å². The quantitative estimate of drug-likeness (QED) is 0.771. The van der Waals surface area contributed by atoms with Gasteiger partial charge in [0.2, 0.25) is 0 Å². The van der Waals surface area contributed by atoms with E-state index in [0.717, 1.165) is 44.5 Å². The predicted octanol–water partition coefficient (Wildman–Crippen LogP) is 0.665. The summed E-state index contributed by atoms with van der Waals surface area (Å²) in [5, 5.41) is 6.68. The SMILES string of the molecule is O=c1c2c([nH]n1CC1CCCNC1)CCC2. The Kier molecular flexibility index (Phi) is 2.59. The van der Waals surface area contributed by atoms with Gasteiger partial charge >= 0.3 is 0 Å². The molecule has 1 fully saturated rings. The standard InChI is InChI=1S/C12H19N3O/c16-12-10-4-1-5-11(10)14-15(12)8-9-3-2-6-13-7-9/h9,13-14H,1-8H2. The van der Waals surface area contributed by atoms with Crippen molar-refractivity contribution in [3.63, 3.8) is 0 Å². The Labute approximate surface area is 95.0 Å². The smallest absolute Gasteiger partial charge is 0.269 e. The zero-order valence-corrected chi connectivity index (χ0v) is 9.59. The Morgan fingerprint density at radius 3 is 3.00 bits per heavy atom. The van der Waals surface area contributed by atoms with Crippen LogP contribution in [0.5, 0.6) is 0 Å². The van der Waals surface area contributed by atoms with Crippen LogP contribution < -0.4 is 10.9 Å². The van der Waals surface area contributed by atoms with Crippen molar-refractivity contribution >= 4 is 0 Å². The van der Waals surface area contributed by atoms with Crippen LogP contribution in [0, 0.1) is 5.92 Å². The molecule has 2 aliphatic rings. The zero-order chi connectivity index (χ0) is 11.0. The van der Waals surface area contributed by atoms with Crippen LogP contribution in [-0.2, 0) is 19.4 Å². The predicted molar refractivity (Wildman–Crippen MR) is 62.7 cm³/mol. The topological polar surface area (TPSA) is 49.8 Å². The summed E-state index contributed by atoms with van der Waals surface area (Å²) in [6, 6.07) is 0. The van der Waals surface area contributed by atoms with E-state index in [2.05, 4.69) is 10.4 Å². The average Bonchev–Trinajstić information content (AvgIpc) is 2.86. The first-order chi connectivity index (χ1) is 7.84. The van der Waals surface area contributed by atoms with E-state index < -0.39 is 0 Å². The van der Waals surface area contributed by atoms with Crippen molar-refractivity contribution in [3.8, 4) is 0 Å². The molecular weight excluding hydrogens is 202 g/mol. The van der Waals surface area contributed by atoms with Gasteiger partial charge in [-0.2, -0.15) is 0 Å². The van der Waals surface area contributed by atoms with Crippen LogP contribution in [0.1, 0.15) is 30.5 Å². The van der Waals surface area contributed by atoms with E-state index in [1.54, 1.807) is 0 Å². The maximum absolute atomic E-state index is 12.0. The number of nitrogens with zero attached hydrogens (tertiary/aromatic N) is 1. The van der Waals surface area contributed by atoms with Crippen LogP contribution in [0.4, 0.5) is 0 Å². The Morgan fingerprint density at radius 2 is 2.25 bits per heavy atom. The van der Waals surface area contributed by atoms with E-state index in [0.29, 0.717) is 5.92 Å². The van der Waals surface area contributed by atoms with Crippen LogP contribution in [-0.4, -0.2) is 22.9 Å². The van der Waals surface area contributed by atoms with Crippen molar-refractivity contribution in [3.05, 3.63) is 21.6 Å². The lowest BCUT2D eigenvalue weighted by Crippen LogP contribution is -2.34. The van der Waals surface area contributed by atoms with E-state index in [9.17, 15) is 4.79 Å². The second kappa shape index (κ2) is 4.09. The van der Waals surface area contributed by atoms with Crippen molar-refractivity contribution in [1.82, 2.24) is 15.1 Å². The van der Waals surface area contributed by atoms with Crippen molar-refractivity contribution < 1.29 is 0 Å². The minimum absolute atomic E-state index is 0.234. The largest absolute Gasteiger partial charge is 0.316 e. The van der Waals surface area contributed by atoms with Crippen LogP contribution in [0.2, 0.25) is 0 Å². The second-order valence-corrected chi connectivity index (χ2v) is 5.05. The van der Waals surface area contributed by atoms with E-state index >= 15 is 0 Å². The highest BCUT2D eigenvalue weighted by Gasteiger charge is 2.21. The molecule has 0 bridgehead atoms. The summed E-state index contributed by atoms with van der Waals surface area (Å²) in [5.74, 6) is 0.616. The van der Waals surface area contributed by atoms with Gasteiger partial charge in [0.25, 0.3) is 5.56 Å². The van der Waals surface area contributed by atoms with Gasteiger partial charge in [0, 0.05) is 17.8 Å². The molecule has 0 amide bonds. The highest BCUT2D eigenvalue weighted by atomic mass is 16.1. The number of aromatic nitrogens is 2. The second-order valence-electron chi connectivity index (χ2n) is 5.05. The number of nitrogens with one attached hydrogen (secondary N) is 2. The lowest BCUT2D eigenvalue weighted by Gasteiger charge is -2.22. The van der Waals surface area contributed by atoms with Crippen LogP contribution in [0.25, 0.3) is 0 Å². The molecule has 0 aromatic carbocycles. The van der Waals surface area contributed by atoms with Crippen LogP contribution >= 0.6 is 0 Å². The average molecular weight is 221 g/mol. The first-order valence-corrected chi connectivity index (χ1v) is 6.36. The number of rotatable bonds is 2. The molecule has 1 aliphatic heterocycles. The number of aromatic amines is 1. The van der Waals surface area contributed by atoms with E-state index in [1.807, 2.05) is 4.68 Å². The molecule has 2 heterocycles. The maximum Gasteiger partial charge on any atom is 0.269 e. The van der Waals surface area contributed by atoms with Gasteiger partial charge in [-0.1, -0.05) is 0 Å². The number of piperidine rings is 1. The molecule has 16 heavy (non-hydrogen) atoms. The molecule has 0 radical (unpaired) electrons.